The van der Waals surface area contributed by atoms with Crippen molar-refractivity contribution < 1.29 is 9.59 Å². The number of hydrogen-bond donors (Lipinski definition) is 2. The summed E-state index contributed by atoms with van der Waals surface area (Å²) in [5.74, 6) is 0. The van der Waals surface area contributed by atoms with Crippen molar-refractivity contribution in [3.05, 3.63) is 0 Å². The molecule has 0 aromatic carbocycles. The lowest BCUT2D eigenvalue weighted by Gasteiger charge is -2.33. The minimum absolute atomic E-state index is 0.853. The molecule has 0 aliphatic rings. The van der Waals surface area contributed by atoms with Gasteiger partial charge in [0.2, 0.25) is 15.7 Å². The Hall–Kier alpha value is 0.354. The van der Waals surface area contributed by atoms with E-state index in [1.165, 1.54) is 0 Å². The van der Waals surface area contributed by atoms with Crippen LogP contribution in [0.25, 0.3) is 0 Å². The second-order valence-corrected chi connectivity index (χ2v) is 16.6. The molecule has 0 saturated heterocycles. The highest BCUT2D eigenvalue weighted by atomic mass is 29.3. The van der Waals surface area contributed by atoms with Gasteiger partial charge in [0.15, 0.2) is 0 Å². The fraction of sp³-hybridized carbons (Fsp3) is 1.00. The Bertz CT molecular complexity index is 119. The average Bonchev–Trinajstić information content (AvgIpc) is 1.86. The third kappa shape index (κ3) is 3.01. The van der Waals surface area contributed by atoms with Crippen LogP contribution < -0.4 is 0 Å². The molecular formula is C8H22O2Si2. The molecule has 2 unspecified atom stereocenters. The van der Waals surface area contributed by atoms with Crippen LogP contribution in [0.5, 0.6) is 0 Å². The van der Waals surface area contributed by atoms with Gasteiger partial charge in [-0.25, -0.2) is 0 Å². The molecule has 0 aliphatic carbocycles. The first-order chi connectivity index (χ1) is 5.37. The van der Waals surface area contributed by atoms with Crippen LogP contribution in [-0.4, -0.2) is 25.3 Å². The fourth-order valence-corrected chi connectivity index (χ4v) is 9.27. The highest BCUT2D eigenvalue weighted by molar-refractivity contribution is 7.35. The molecule has 0 spiro atoms. The minimum atomic E-state index is -2.26. The smallest absolute Gasteiger partial charge is 0.203 e. The van der Waals surface area contributed by atoms with E-state index in [0.717, 1.165) is 24.9 Å². The van der Waals surface area contributed by atoms with Crippen LogP contribution in [0.15, 0.2) is 0 Å². The first kappa shape index (κ1) is 12.4. The summed E-state index contributed by atoms with van der Waals surface area (Å²) in [6, 6.07) is 1.71. The predicted molar refractivity (Wildman–Crippen MR) is 57.9 cm³/mol. The molecule has 0 aromatic heterocycles. The zero-order valence-electron chi connectivity index (χ0n) is 8.72. The van der Waals surface area contributed by atoms with Gasteiger partial charge in [-0.2, -0.15) is 0 Å². The van der Waals surface area contributed by atoms with E-state index in [4.69, 9.17) is 0 Å². The lowest BCUT2D eigenvalue weighted by molar-refractivity contribution is 0.505. The van der Waals surface area contributed by atoms with Crippen LogP contribution in [0.2, 0.25) is 25.2 Å². The summed E-state index contributed by atoms with van der Waals surface area (Å²) in [4.78, 5) is 20.2. The maximum Gasteiger partial charge on any atom is 0.203 e. The zero-order valence-corrected chi connectivity index (χ0v) is 10.7. The molecule has 12 heavy (non-hydrogen) atoms. The van der Waals surface area contributed by atoms with Crippen molar-refractivity contribution in [3.63, 3.8) is 0 Å². The first-order valence-electron chi connectivity index (χ1n) is 4.82. The Kier molecular flexibility index (Phi) is 4.69. The van der Waals surface area contributed by atoms with Crippen LogP contribution in [0, 0.1) is 0 Å². The van der Waals surface area contributed by atoms with E-state index in [0.29, 0.717) is 0 Å². The molecule has 2 atom stereocenters. The van der Waals surface area contributed by atoms with Crippen molar-refractivity contribution in [3.8, 4) is 0 Å². The summed E-state index contributed by atoms with van der Waals surface area (Å²) in [6.45, 7) is 7.96. The van der Waals surface area contributed by atoms with Gasteiger partial charge in [-0.3, -0.25) is 0 Å². The first-order valence-corrected chi connectivity index (χ1v) is 11.1. The summed E-state index contributed by atoms with van der Waals surface area (Å²) in [5.41, 5.74) is 0. The fourth-order valence-electron chi connectivity index (χ4n) is 1.51. The predicted octanol–water partition coefficient (Wildman–Crippen LogP) is 2.02. The molecule has 0 aromatic rings. The van der Waals surface area contributed by atoms with Crippen LogP contribution >= 0.6 is 0 Å². The maximum absolute atomic E-state index is 10.1. The van der Waals surface area contributed by atoms with Crippen molar-refractivity contribution in [2.24, 2.45) is 0 Å². The van der Waals surface area contributed by atoms with E-state index in [-0.39, 0.29) is 0 Å². The van der Waals surface area contributed by atoms with E-state index < -0.39 is 15.7 Å². The highest BCUT2D eigenvalue weighted by Crippen LogP contribution is 2.24. The van der Waals surface area contributed by atoms with Crippen molar-refractivity contribution >= 4 is 15.7 Å². The molecule has 0 radical (unpaired) electrons. The third-order valence-electron chi connectivity index (χ3n) is 2.63. The van der Waals surface area contributed by atoms with Gasteiger partial charge in [-0.05, 0) is 25.2 Å². The minimum Gasteiger partial charge on any atom is -0.432 e. The monoisotopic (exact) mass is 206 g/mol. The van der Waals surface area contributed by atoms with Gasteiger partial charge in [0, 0.05) is 0 Å². The Labute approximate surface area is 77.7 Å². The Morgan fingerprint density at radius 1 is 0.833 bits per heavy atom. The molecule has 2 N–H and O–H groups in total. The lowest BCUT2D eigenvalue weighted by Crippen LogP contribution is -2.59. The summed E-state index contributed by atoms with van der Waals surface area (Å²) >= 11 is 0. The van der Waals surface area contributed by atoms with Gasteiger partial charge in [-0.15, -0.1) is 0 Å². The SMILES string of the molecule is CCC[Si](C)(O)[Si](C)(O)CCC. The van der Waals surface area contributed by atoms with Crippen molar-refractivity contribution in [2.45, 2.75) is 51.9 Å². The largest absolute Gasteiger partial charge is 0.432 e. The Morgan fingerprint density at radius 2 is 1.08 bits per heavy atom. The van der Waals surface area contributed by atoms with E-state index in [1.54, 1.807) is 0 Å². The van der Waals surface area contributed by atoms with E-state index >= 15 is 0 Å². The third-order valence-corrected chi connectivity index (χ3v) is 16.4. The second-order valence-electron chi connectivity index (χ2n) is 4.05. The topological polar surface area (TPSA) is 40.5 Å². The summed E-state index contributed by atoms with van der Waals surface area (Å²) in [7, 11) is -4.51. The van der Waals surface area contributed by atoms with Crippen LogP contribution in [0.4, 0.5) is 0 Å². The van der Waals surface area contributed by atoms with Gasteiger partial charge in [0.25, 0.3) is 0 Å². The Balaban J connectivity index is 4.28. The molecule has 2 nitrogen and oxygen atoms in total. The molecule has 4 heteroatoms. The van der Waals surface area contributed by atoms with Crippen LogP contribution in [0.1, 0.15) is 26.7 Å². The second kappa shape index (κ2) is 4.55. The summed E-state index contributed by atoms with van der Waals surface area (Å²) < 4.78 is 0. The van der Waals surface area contributed by atoms with Crippen molar-refractivity contribution in [1.82, 2.24) is 0 Å². The number of rotatable bonds is 5. The van der Waals surface area contributed by atoms with Crippen molar-refractivity contribution in [1.29, 1.82) is 0 Å². The van der Waals surface area contributed by atoms with E-state index in [9.17, 15) is 9.59 Å². The zero-order chi connectivity index (χ0) is 9.83. The summed E-state index contributed by atoms with van der Waals surface area (Å²) in [6.07, 6.45) is 1.98. The Morgan fingerprint density at radius 3 is 1.25 bits per heavy atom. The molecule has 0 saturated carbocycles. The van der Waals surface area contributed by atoms with Gasteiger partial charge in [0.05, 0.1) is 0 Å². The standard InChI is InChI=1S/C8H22O2Si2/c1-5-7-11(3,9)12(4,10)8-6-2/h9-10H,5-8H2,1-4H3. The average molecular weight is 206 g/mol. The van der Waals surface area contributed by atoms with Crippen LogP contribution in [0.3, 0.4) is 0 Å². The lowest BCUT2D eigenvalue weighted by atomic mass is 10.6. The highest BCUT2D eigenvalue weighted by Gasteiger charge is 2.45. The number of hydrogen-bond acceptors (Lipinski definition) is 2. The van der Waals surface area contributed by atoms with Gasteiger partial charge < -0.3 is 9.59 Å². The van der Waals surface area contributed by atoms with Gasteiger partial charge >= 0.3 is 0 Å². The van der Waals surface area contributed by atoms with E-state index in [1.807, 2.05) is 13.1 Å². The maximum atomic E-state index is 10.1. The van der Waals surface area contributed by atoms with Gasteiger partial charge in [0.1, 0.15) is 0 Å². The molecule has 0 aliphatic heterocycles. The van der Waals surface area contributed by atoms with Crippen molar-refractivity contribution in [2.75, 3.05) is 0 Å². The summed E-state index contributed by atoms with van der Waals surface area (Å²) in [5, 5.41) is 0. The van der Waals surface area contributed by atoms with Crippen LogP contribution in [-0.2, 0) is 0 Å². The molecule has 0 bridgehead atoms. The quantitative estimate of drug-likeness (QED) is 0.676. The molecule has 0 amide bonds. The van der Waals surface area contributed by atoms with E-state index in [2.05, 4.69) is 13.8 Å². The molecule has 74 valence electrons. The molecule has 0 heterocycles. The molecule has 0 fully saturated rings. The van der Waals surface area contributed by atoms with Gasteiger partial charge in [-0.1, -0.05) is 26.7 Å². The molecular weight excluding hydrogens is 184 g/mol. The normalized spacial score (nSPS) is 21.5. The molecule has 0 rings (SSSR count).